The molecule has 1 aromatic rings. The highest BCUT2D eigenvalue weighted by Gasteiger charge is 2.49. The SMILES string of the molecule is CCOC1CC(C)(C)C(OC(C)c2ccccc2)C(C)(C)C1. The third kappa shape index (κ3) is 3.91. The van der Waals surface area contributed by atoms with Crippen molar-refractivity contribution in [1.29, 1.82) is 0 Å². The van der Waals surface area contributed by atoms with Gasteiger partial charge in [0.25, 0.3) is 0 Å². The van der Waals surface area contributed by atoms with Crippen LogP contribution in [0.15, 0.2) is 30.3 Å². The van der Waals surface area contributed by atoms with Crippen molar-refractivity contribution >= 4 is 0 Å². The zero-order chi connectivity index (χ0) is 16.4. The zero-order valence-corrected chi connectivity index (χ0v) is 15.1. The van der Waals surface area contributed by atoms with E-state index in [9.17, 15) is 0 Å². The maximum absolute atomic E-state index is 6.58. The molecule has 1 aliphatic carbocycles. The number of ether oxygens (including phenoxy) is 2. The molecule has 0 saturated heterocycles. The highest BCUT2D eigenvalue weighted by molar-refractivity contribution is 5.17. The minimum Gasteiger partial charge on any atom is -0.378 e. The lowest BCUT2D eigenvalue weighted by Crippen LogP contribution is -2.52. The summed E-state index contributed by atoms with van der Waals surface area (Å²) < 4.78 is 12.5. The lowest BCUT2D eigenvalue weighted by molar-refractivity contribution is -0.178. The molecule has 0 aromatic heterocycles. The van der Waals surface area contributed by atoms with E-state index >= 15 is 0 Å². The van der Waals surface area contributed by atoms with Gasteiger partial charge in [0.15, 0.2) is 0 Å². The standard InChI is InChI=1S/C20H32O2/c1-7-21-17-13-19(3,4)18(20(5,6)14-17)22-15(2)16-11-9-8-10-12-16/h8-12,15,17-18H,7,13-14H2,1-6H3. The Hall–Kier alpha value is -0.860. The Bertz CT molecular complexity index is 446. The first-order valence-electron chi connectivity index (χ1n) is 8.58. The smallest absolute Gasteiger partial charge is 0.0801 e. The van der Waals surface area contributed by atoms with Crippen LogP contribution in [0.1, 0.15) is 66.1 Å². The second-order valence-electron chi connectivity index (χ2n) is 8.03. The van der Waals surface area contributed by atoms with Gasteiger partial charge in [0.05, 0.1) is 18.3 Å². The quantitative estimate of drug-likeness (QED) is 0.726. The van der Waals surface area contributed by atoms with Crippen molar-refractivity contribution in [3.05, 3.63) is 35.9 Å². The number of hydrogen-bond donors (Lipinski definition) is 0. The molecule has 1 aliphatic rings. The summed E-state index contributed by atoms with van der Waals surface area (Å²) in [7, 11) is 0. The highest BCUT2D eigenvalue weighted by atomic mass is 16.5. The van der Waals surface area contributed by atoms with Crippen LogP contribution in [0.3, 0.4) is 0 Å². The van der Waals surface area contributed by atoms with E-state index < -0.39 is 0 Å². The second kappa shape index (κ2) is 6.72. The zero-order valence-electron chi connectivity index (χ0n) is 15.1. The summed E-state index contributed by atoms with van der Waals surface area (Å²) in [4.78, 5) is 0. The molecule has 1 aromatic carbocycles. The Morgan fingerprint density at radius 2 is 1.59 bits per heavy atom. The Balaban J connectivity index is 2.15. The summed E-state index contributed by atoms with van der Waals surface area (Å²) in [6.45, 7) is 14.3. The molecular formula is C20H32O2. The average Bonchev–Trinajstić information content (AvgIpc) is 2.43. The van der Waals surface area contributed by atoms with Gasteiger partial charge in [-0.2, -0.15) is 0 Å². The maximum Gasteiger partial charge on any atom is 0.0801 e. The fourth-order valence-electron chi connectivity index (χ4n) is 4.25. The van der Waals surface area contributed by atoms with Crippen molar-refractivity contribution in [2.24, 2.45) is 10.8 Å². The van der Waals surface area contributed by atoms with Crippen LogP contribution in [0.4, 0.5) is 0 Å². The predicted molar refractivity (Wildman–Crippen MR) is 91.9 cm³/mol. The topological polar surface area (TPSA) is 18.5 Å². The van der Waals surface area contributed by atoms with Crippen molar-refractivity contribution in [3.63, 3.8) is 0 Å². The van der Waals surface area contributed by atoms with Crippen LogP contribution in [-0.2, 0) is 9.47 Å². The van der Waals surface area contributed by atoms with Gasteiger partial charge in [-0.25, -0.2) is 0 Å². The van der Waals surface area contributed by atoms with Crippen LogP contribution in [0, 0.1) is 10.8 Å². The molecule has 0 N–H and O–H groups in total. The first-order valence-corrected chi connectivity index (χ1v) is 8.58. The van der Waals surface area contributed by atoms with Crippen LogP contribution in [0.25, 0.3) is 0 Å². The molecule has 0 bridgehead atoms. The lowest BCUT2D eigenvalue weighted by atomic mass is 9.61. The fourth-order valence-corrected chi connectivity index (χ4v) is 4.25. The first-order chi connectivity index (χ1) is 10.3. The minimum atomic E-state index is 0.116. The summed E-state index contributed by atoms with van der Waals surface area (Å²) in [5.41, 5.74) is 1.48. The van der Waals surface area contributed by atoms with Gasteiger partial charge in [0, 0.05) is 6.61 Å². The normalized spacial score (nSPS) is 28.3. The maximum atomic E-state index is 6.58. The van der Waals surface area contributed by atoms with Crippen molar-refractivity contribution in [1.82, 2.24) is 0 Å². The molecule has 22 heavy (non-hydrogen) atoms. The van der Waals surface area contributed by atoms with E-state index in [1.54, 1.807) is 0 Å². The third-order valence-corrected chi connectivity index (χ3v) is 4.94. The van der Waals surface area contributed by atoms with Crippen LogP contribution in [-0.4, -0.2) is 18.8 Å². The fraction of sp³-hybridized carbons (Fsp3) is 0.700. The summed E-state index contributed by atoms with van der Waals surface area (Å²) in [5.74, 6) is 0. The van der Waals surface area contributed by atoms with Gasteiger partial charge in [0.1, 0.15) is 0 Å². The van der Waals surface area contributed by atoms with Crippen molar-refractivity contribution in [2.75, 3.05) is 6.61 Å². The molecule has 124 valence electrons. The van der Waals surface area contributed by atoms with E-state index in [2.05, 4.69) is 71.9 Å². The van der Waals surface area contributed by atoms with Crippen molar-refractivity contribution < 1.29 is 9.47 Å². The predicted octanol–water partition coefficient (Wildman–Crippen LogP) is 5.38. The first kappa shape index (κ1) is 17.5. The molecule has 0 heterocycles. The molecular weight excluding hydrogens is 272 g/mol. The van der Waals surface area contributed by atoms with Gasteiger partial charge < -0.3 is 9.47 Å². The van der Waals surface area contributed by atoms with Gasteiger partial charge >= 0.3 is 0 Å². The van der Waals surface area contributed by atoms with E-state index in [0.717, 1.165) is 19.4 Å². The van der Waals surface area contributed by atoms with Gasteiger partial charge in [-0.1, -0.05) is 58.0 Å². The van der Waals surface area contributed by atoms with E-state index in [-0.39, 0.29) is 23.0 Å². The van der Waals surface area contributed by atoms with Crippen LogP contribution < -0.4 is 0 Å². The summed E-state index contributed by atoms with van der Waals surface area (Å²) in [6.07, 6.45) is 2.83. The highest BCUT2D eigenvalue weighted by Crippen LogP contribution is 2.50. The molecule has 0 spiro atoms. The van der Waals surface area contributed by atoms with Crippen molar-refractivity contribution in [3.8, 4) is 0 Å². The molecule has 2 nitrogen and oxygen atoms in total. The molecule has 1 fully saturated rings. The van der Waals surface area contributed by atoms with Crippen molar-refractivity contribution in [2.45, 2.75) is 72.7 Å². The third-order valence-electron chi connectivity index (χ3n) is 4.94. The number of hydrogen-bond acceptors (Lipinski definition) is 2. The van der Waals surface area contributed by atoms with E-state index in [1.165, 1.54) is 5.56 Å². The molecule has 2 rings (SSSR count). The molecule has 1 atom stereocenters. The van der Waals surface area contributed by atoms with E-state index in [1.807, 2.05) is 0 Å². The molecule has 1 saturated carbocycles. The molecule has 0 aliphatic heterocycles. The number of rotatable bonds is 5. The molecule has 1 unspecified atom stereocenters. The second-order valence-corrected chi connectivity index (χ2v) is 8.03. The lowest BCUT2D eigenvalue weighted by Gasteiger charge is -2.52. The van der Waals surface area contributed by atoms with Gasteiger partial charge in [-0.05, 0) is 43.1 Å². The largest absolute Gasteiger partial charge is 0.378 e. The summed E-state index contributed by atoms with van der Waals surface area (Å²) in [6, 6.07) is 10.5. The van der Waals surface area contributed by atoms with E-state index in [4.69, 9.17) is 9.47 Å². The van der Waals surface area contributed by atoms with Crippen LogP contribution in [0.5, 0.6) is 0 Å². The monoisotopic (exact) mass is 304 g/mol. The Morgan fingerprint density at radius 1 is 1.05 bits per heavy atom. The van der Waals surface area contributed by atoms with E-state index in [0.29, 0.717) is 6.10 Å². The van der Waals surface area contributed by atoms with Gasteiger partial charge in [0.2, 0.25) is 0 Å². The molecule has 0 amide bonds. The Kier molecular flexibility index (Phi) is 5.34. The Morgan fingerprint density at radius 3 is 2.09 bits per heavy atom. The Labute approximate surface area is 136 Å². The van der Waals surface area contributed by atoms with Gasteiger partial charge in [-0.3, -0.25) is 0 Å². The summed E-state index contributed by atoms with van der Waals surface area (Å²) in [5, 5.41) is 0. The molecule has 2 heteroatoms. The molecule has 0 radical (unpaired) electrons. The summed E-state index contributed by atoms with van der Waals surface area (Å²) >= 11 is 0. The van der Waals surface area contributed by atoms with Crippen LogP contribution >= 0.6 is 0 Å². The average molecular weight is 304 g/mol. The minimum absolute atomic E-state index is 0.116. The number of benzene rings is 1. The van der Waals surface area contributed by atoms with Crippen LogP contribution in [0.2, 0.25) is 0 Å². The van der Waals surface area contributed by atoms with Gasteiger partial charge in [-0.15, -0.1) is 0 Å².